The predicted octanol–water partition coefficient (Wildman–Crippen LogP) is 1.21. The van der Waals surface area contributed by atoms with Gasteiger partial charge in [-0.05, 0) is 6.92 Å². The molecule has 0 fully saturated rings. The Kier molecular flexibility index (Phi) is 4.18. The lowest BCUT2D eigenvalue weighted by Gasteiger charge is -2.03. The van der Waals surface area contributed by atoms with Gasteiger partial charge < -0.3 is 5.73 Å². The van der Waals surface area contributed by atoms with Crippen LogP contribution in [0.5, 0.6) is 0 Å². The highest BCUT2D eigenvalue weighted by Gasteiger charge is 2.02. The molecule has 0 aromatic heterocycles. The van der Waals surface area contributed by atoms with E-state index in [1.54, 1.807) is 20.0 Å². The normalized spacial score (nSPS) is 16.3. The molecule has 62 valence electrons. The summed E-state index contributed by atoms with van der Waals surface area (Å²) in [5.41, 5.74) is 5.40. The average molecular weight is 153 g/mol. The van der Waals surface area contributed by atoms with Crippen LogP contribution in [0.15, 0.2) is 22.6 Å². The lowest BCUT2D eigenvalue weighted by atomic mass is 10.1. The zero-order chi connectivity index (χ0) is 8.85. The van der Waals surface area contributed by atoms with Gasteiger partial charge in [-0.1, -0.05) is 13.0 Å². The molecule has 1 unspecified atom stereocenters. The van der Waals surface area contributed by atoms with Gasteiger partial charge in [0.1, 0.15) is 5.84 Å². The van der Waals surface area contributed by atoms with E-state index in [9.17, 15) is 0 Å². The minimum absolute atomic E-state index is 0.165. The Labute approximate surface area is 67.7 Å². The summed E-state index contributed by atoms with van der Waals surface area (Å²) in [4.78, 5) is 8.02. The molecule has 0 saturated carbocycles. The van der Waals surface area contributed by atoms with Crippen molar-refractivity contribution in [2.45, 2.75) is 13.8 Å². The molecule has 0 bridgehead atoms. The molecule has 0 aromatic rings. The second-order valence-corrected chi connectivity index (χ2v) is 2.36. The van der Waals surface area contributed by atoms with E-state index >= 15 is 0 Å². The van der Waals surface area contributed by atoms with Gasteiger partial charge in [0.2, 0.25) is 0 Å². The highest BCUT2D eigenvalue weighted by atomic mass is 14.9. The van der Waals surface area contributed by atoms with Gasteiger partial charge in [0.05, 0.1) is 5.84 Å². The topological polar surface area (TPSA) is 50.7 Å². The van der Waals surface area contributed by atoms with Crippen molar-refractivity contribution in [3.8, 4) is 0 Å². The van der Waals surface area contributed by atoms with Crippen molar-refractivity contribution in [1.82, 2.24) is 0 Å². The molecule has 0 aliphatic rings. The van der Waals surface area contributed by atoms with E-state index in [1.165, 1.54) is 0 Å². The number of amidine groups is 2. The van der Waals surface area contributed by atoms with Gasteiger partial charge in [-0.25, -0.2) is 4.99 Å². The van der Waals surface area contributed by atoms with E-state index in [1.807, 2.05) is 6.92 Å². The Morgan fingerprint density at radius 1 is 1.64 bits per heavy atom. The molecule has 0 aliphatic carbocycles. The summed E-state index contributed by atoms with van der Waals surface area (Å²) < 4.78 is 0. The molecule has 11 heavy (non-hydrogen) atoms. The molecule has 0 aromatic carbocycles. The molecule has 0 spiro atoms. The minimum Gasteiger partial charge on any atom is -0.387 e. The molecule has 0 amide bonds. The van der Waals surface area contributed by atoms with Crippen molar-refractivity contribution in [3.63, 3.8) is 0 Å². The van der Waals surface area contributed by atoms with Crippen molar-refractivity contribution in [2.75, 3.05) is 7.05 Å². The van der Waals surface area contributed by atoms with Crippen LogP contribution in [0.25, 0.3) is 0 Å². The summed E-state index contributed by atoms with van der Waals surface area (Å²) in [6.07, 6.45) is 1.79. The fourth-order valence-electron chi connectivity index (χ4n) is 0.642. The van der Waals surface area contributed by atoms with E-state index in [2.05, 4.69) is 16.6 Å². The lowest BCUT2D eigenvalue weighted by Crippen LogP contribution is -2.13. The first-order valence-electron chi connectivity index (χ1n) is 3.51. The largest absolute Gasteiger partial charge is 0.387 e. The Balaban J connectivity index is 4.44. The van der Waals surface area contributed by atoms with Crippen molar-refractivity contribution >= 4 is 11.7 Å². The Morgan fingerprint density at radius 3 is 2.45 bits per heavy atom. The third-order valence-electron chi connectivity index (χ3n) is 1.28. The Bertz CT molecular complexity index is 188. The van der Waals surface area contributed by atoms with Crippen LogP contribution in [-0.2, 0) is 0 Å². The van der Waals surface area contributed by atoms with Crippen LogP contribution in [0, 0.1) is 5.92 Å². The minimum atomic E-state index is 0.165. The standard InChI is InChI=1S/C8H15N3/c1-5-6(2)8(10-4)11-7(3)9/h5-6H,1H2,2-4H3,(H2,9,10,11). The molecular weight excluding hydrogens is 138 g/mol. The van der Waals surface area contributed by atoms with Gasteiger partial charge in [0.25, 0.3) is 0 Å². The quantitative estimate of drug-likeness (QED) is 0.362. The number of hydrogen-bond donors (Lipinski definition) is 1. The molecule has 2 N–H and O–H groups in total. The van der Waals surface area contributed by atoms with E-state index in [-0.39, 0.29) is 5.92 Å². The van der Waals surface area contributed by atoms with Crippen LogP contribution in [0.4, 0.5) is 0 Å². The summed E-state index contributed by atoms with van der Waals surface area (Å²) in [6, 6.07) is 0. The maximum Gasteiger partial charge on any atom is 0.131 e. The van der Waals surface area contributed by atoms with Gasteiger partial charge in [0.15, 0.2) is 0 Å². The Hall–Kier alpha value is -1.12. The van der Waals surface area contributed by atoms with Crippen LogP contribution in [0.2, 0.25) is 0 Å². The maximum absolute atomic E-state index is 5.40. The molecule has 3 nitrogen and oxygen atoms in total. The third-order valence-corrected chi connectivity index (χ3v) is 1.28. The van der Waals surface area contributed by atoms with E-state index in [4.69, 9.17) is 5.73 Å². The molecule has 3 heteroatoms. The SMILES string of the molecule is C=CC(C)C(N=C(C)N)=NC. The molecule has 0 aliphatic heterocycles. The van der Waals surface area contributed by atoms with Gasteiger partial charge >= 0.3 is 0 Å². The van der Waals surface area contributed by atoms with Gasteiger partial charge in [-0.15, -0.1) is 6.58 Å². The summed E-state index contributed by atoms with van der Waals surface area (Å²) in [5, 5.41) is 0. The third kappa shape index (κ3) is 3.55. The number of rotatable bonds is 2. The summed E-state index contributed by atoms with van der Waals surface area (Å²) in [7, 11) is 1.70. The van der Waals surface area contributed by atoms with Crippen LogP contribution >= 0.6 is 0 Å². The maximum atomic E-state index is 5.40. The van der Waals surface area contributed by atoms with E-state index in [0.29, 0.717) is 5.84 Å². The average Bonchev–Trinajstić information content (AvgIpc) is 1.98. The zero-order valence-electron chi connectivity index (χ0n) is 7.33. The summed E-state index contributed by atoms with van der Waals surface area (Å²) in [5.74, 6) is 1.41. The monoisotopic (exact) mass is 153 g/mol. The zero-order valence-corrected chi connectivity index (χ0v) is 7.33. The smallest absolute Gasteiger partial charge is 0.131 e. The lowest BCUT2D eigenvalue weighted by molar-refractivity contribution is 0.977. The molecule has 0 radical (unpaired) electrons. The van der Waals surface area contributed by atoms with Gasteiger partial charge in [-0.2, -0.15) is 0 Å². The number of nitrogens with two attached hydrogens (primary N) is 1. The van der Waals surface area contributed by atoms with Crippen molar-refractivity contribution in [3.05, 3.63) is 12.7 Å². The van der Waals surface area contributed by atoms with Gasteiger partial charge in [-0.3, -0.25) is 4.99 Å². The van der Waals surface area contributed by atoms with E-state index in [0.717, 1.165) is 5.84 Å². The van der Waals surface area contributed by atoms with Crippen molar-refractivity contribution < 1.29 is 0 Å². The van der Waals surface area contributed by atoms with E-state index < -0.39 is 0 Å². The summed E-state index contributed by atoms with van der Waals surface area (Å²) in [6.45, 7) is 7.36. The van der Waals surface area contributed by atoms with Crippen LogP contribution in [0.1, 0.15) is 13.8 Å². The molecular formula is C8H15N3. The van der Waals surface area contributed by atoms with Crippen molar-refractivity contribution in [2.24, 2.45) is 21.6 Å². The highest BCUT2D eigenvalue weighted by Crippen LogP contribution is 2.00. The summed E-state index contributed by atoms with van der Waals surface area (Å²) >= 11 is 0. The van der Waals surface area contributed by atoms with Crippen LogP contribution < -0.4 is 5.73 Å². The second kappa shape index (κ2) is 4.66. The number of aliphatic imine (C=N–C) groups is 2. The Morgan fingerprint density at radius 2 is 2.18 bits per heavy atom. The number of nitrogens with zero attached hydrogens (tertiary/aromatic N) is 2. The second-order valence-electron chi connectivity index (χ2n) is 2.36. The van der Waals surface area contributed by atoms with Crippen LogP contribution in [-0.4, -0.2) is 18.7 Å². The molecule has 0 saturated heterocycles. The van der Waals surface area contributed by atoms with Crippen LogP contribution in [0.3, 0.4) is 0 Å². The van der Waals surface area contributed by atoms with Crippen molar-refractivity contribution in [1.29, 1.82) is 0 Å². The molecule has 0 heterocycles. The molecule has 0 rings (SSSR count). The highest BCUT2D eigenvalue weighted by molar-refractivity contribution is 5.96. The first-order chi connectivity index (χ1) is 5.11. The fraction of sp³-hybridized carbons (Fsp3) is 0.500. The first-order valence-corrected chi connectivity index (χ1v) is 3.51. The fourth-order valence-corrected chi connectivity index (χ4v) is 0.642. The predicted molar refractivity (Wildman–Crippen MR) is 50.0 cm³/mol. The van der Waals surface area contributed by atoms with Gasteiger partial charge in [0, 0.05) is 13.0 Å². The molecule has 1 atom stereocenters. The first kappa shape index (κ1) is 9.88. The number of hydrogen-bond acceptors (Lipinski definition) is 1.